The second kappa shape index (κ2) is 6.92. The minimum absolute atomic E-state index is 0.107. The van der Waals surface area contributed by atoms with Crippen LogP contribution in [0.4, 0.5) is 5.69 Å². The number of aryl methyl sites for hydroxylation is 2. The quantitative estimate of drug-likeness (QED) is 0.786. The first-order valence-corrected chi connectivity index (χ1v) is 7.15. The van der Waals surface area contributed by atoms with E-state index in [1.54, 1.807) is 16.9 Å². The summed E-state index contributed by atoms with van der Waals surface area (Å²) in [6.45, 7) is 5.69. The molecule has 7 nitrogen and oxygen atoms in total. The van der Waals surface area contributed by atoms with Crippen LogP contribution in [-0.2, 0) is 24.4 Å². The molecule has 0 spiro atoms. The largest absolute Gasteiger partial charge is 0.453 e. The molecule has 2 N–H and O–H groups in total. The lowest BCUT2D eigenvalue weighted by molar-refractivity contribution is 0.0444. The summed E-state index contributed by atoms with van der Waals surface area (Å²) in [5.41, 5.74) is 6.78. The van der Waals surface area contributed by atoms with Gasteiger partial charge in [0.1, 0.15) is 12.0 Å². The Morgan fingerprint density at radius 2 is 2.10 bits per heavy atom. The number of hydrogen-bond donors (Lipinski definition) is 1. The van der Waals surface area contributed by atoms with Crippen LogP contribution in [0.5, 0.6) is 0 Å². The van der Waals surface area contributed by atoms with Gasteiger partial charge in [0.05, 0.1) is 5.69 Å². The minimum Gasteiger partial charge on any atom is -0.453 e. The maximum Gasteiger partial charge on any atom is 0.355 e. The van der Waals surface area contributed by atoms with Crippen molar-refractivity contribution in [2.24, 2.45) is 0 Å². The highest BCUT2D eigenvalue weighted by molar-refractivity contribution is 5.89. The first-order chi connectivity index (χ1) is 10.2. The Hall–Kier alpha value is -2.31. The fourth-order valence-corrected chi connectivity index (χ4v) is 2.13. The van der Waals surface area contributed by atoms with Gasteiger partial charge < -0.3 is 15.0 Å². The first-order valence-electron chi connectivity index (χ1n) is 7.15. The lowest BCUT2D eigenvalue weighted by Crippen LogP contribution is -2.14. The van der Waals surface area contributed by atoms with Gasteiger partial charge in [0, 0.05) is 19.3 Å². The van der Waals surface area contributed by atoms with Crippen molar-refractivity contribution in [3.8, 4) is 0 Å². The van der Waals surface area contributed by atoms with Gasteiger partial charge in [-0.3, -0.25) is 0 Å². The Bertz CT molecular complexity index is 602. The Labute approximate surface area is 123 Å². The molecule has 0 saturated carbocycles. The van der Waals surface area contributed by atoms with Crippen molar-refractivity contribution in [3.63, 3.8) is 0 Å². The van der Waals surface area contributed by atoms with Gasteiger partial charge in [0.15, 0.2) is 12.4 Å². The van der Waals surface area contributed by atoms with Crippen LogP contribution >= 0.6 is 0 Å². The van der Waals surface area contributed by atoms with Gasteiger partial charge in [0.25, 0.3) is 0 Å². The molecule has 0 radical (unpaired) electrons. The molecule has 21 heavy (non-hydrogen) atoms. The average Bonchev–Trinajstić information content (AvgIpc) is 3.04. The van der Waals surface area contributed by atoms with E-state index in [2.05, 4.69) is 17.0 Å². The topological polar surface area (TPSA) is 88.0 Å². The monoisotopic (exact) mass is 291 g/mol. The Morgan fingerprint density at radius 1 is 1.33 bits per heavy atom. The molecule has 0 amide bonds. The molecule has 2 aromatic heterocycles. The second-order valence-corrected chi connectivity index (χ2v) is 4.83. The number of nitrogen functional groups attached to an aromatic ring is 1. The Kier molecular flexibility index (Phi) is 4.97. The Balaban J connectivity index is 2.03. The number of carbonyl (C=O) groups is 1. The van der Waals surface area contributed by atoms with Gasteiger partial charge in [-0.1, -0.05) is 13.8 Å². The molecule has 0 fully saturated rings. The lowest BCUT2D eigenvalue weighted by atomic mass is 10.4. The number of rotatable bonds is 7. The van der Waals surface area contributed by atoms with Crippen molar-refractivity contribution in [1.82, 2.24) is 19.3 Å². The van der Waals surface area contributed by atoms with Crippen molar-refractivity contribution in [2.75, 3.05) is 5.73 Å². The smallest absolute Gasteiger partial charge is 0.355 e. The van der Waals surface area contributed by atoms with E-state index in [0.717, 1.165) is 25.9 Å². The standard InChI is InChI=1S/C14H21N5O2/c1-3-5-18-8-11(15)7-12(18)14(20)21-9-13-16-10-17-19(13)6-4-2/h7-8,10H,3-6,9,15H2,1-2H3. The summed E-state index contributed by atoms with van der Waals surface area (Å²) in [6, 6.07) is 1.63. The molecule has 0 aliphatic carbocycles. The molecule has 0 aromatic carbocycles. The molecule has 0 atom stereocenters. The fraction of sp³-hybridized carbons (Fsp3) is 0.500. The van der Waals surface area contributed by atoms with Crippen LogP contribution < -0.4 is 5.73 Å². The molecule has 2 heterocycles. The summed E-state index contributed by atoms with van der Waals surface area (Å²) in [5, 5.41) is 4.10. The van der Waals surface area contributed by atoms with E-state index in [-0.39, 0.29) is 6.61 Å². The summed E-state index contributed by atoms with van der Waals surface area (Å²) >= 11 is 0. The number of hydrogen-bond acceptors (Lipinski definition) is 5. The molecule has 0 bridgehead atoms. The third-order valence-corrected chi connectivity index (χ3v) is 3.05. The van der Waals surface area contributed by atoms with Crippen LogP contribution in [-0.4, -0.2) is 25.3 Å². The van der Waals surface area contributed by atoms with E-state index in [1.165, 1.54) is 6.33 Å². The average molecular weight is 291 g/mol. The highest BCUT2D eigenvalue weighted by atomic mass is 16.5. The molecule has 0 unspecified atom stereocenters. The van der Waals surface area contributed by atoms with Crippen molar-refractivity contribution >= 4 is 11.7 Å². The minimum atomic E-state index is -0.397. The van der Waals surface area contributed by atoms with Gasteiger partial charge in [-0.2, -0.15) is 5.10 Å². The van der Waals surface area contributed by atoms with Gasteiger partial charge in [-0.25, -0.2) is 14.5 Å². The molecule has 0 saturated heterocycles. The van der Waals surface area contributed by atoms with E-state index in [4.69, 9.17) is 10.5 Å². The SMILES string of the molecule is CCCn1cc(N)cc1C(=O)OCc1ncnn1CCC. The molecule has 2 aromatic rings. The third-order valence-electron chi connectivity index (χ3n) is 3.05. The highest BCUT2D eigenvalue weighted by Gasteiger charge is 2.15. The van der Waals surface area contributed by atoms with Crippen molar-refractivity contribution in [1.29, 1.82) is 0 Å². The highest BCUT2D eigenvalue weighted by Crippen LogP contribution is 2.13. The zero-order chi connectivity index (χ0) is 15.2. The number of nitrogens with zero attached hydrogens (tertiary/aromatic N) is 4. The number of carbonyl (C=O) groups excluding carboxylic acids is 1. The van der Waals surface area contributed by atoms with Crippen molar-refractivity contribution in [2.45, 2.75) is 46.4 Å². The van der Waals surface area contributed by atoms with E-state index >= 15 is 0 Å². The van der Waals surface area contributed by atoms with E-state index < -0.39 is 5.97 Å². The van der Waals surface area contributed by atoms with Crippen LogP contribution in [0, 0.1) is 0 Å². The van der Waals surface area contributed by atoms with Crippen LogP contribution in [0.15, 0.2) is 18.6 Å². The molecular weight excluding hydrogens is 270 g/mol. The van der Waals surface area contributed by atoms with Crippen LogP contribution in [0.25, 0.3) is 0 Å². The summed E-state index contributed by atoms with van der Waals surface area (Å²) < 4.78 is 8.88. The maximum absolute atomic E-state index is 12.2. The van der Waals surface area contributed by atoms with Gasteiger partial charge in [-0.05, 0) is 18.9 Å². The number of aromatic nitrogens is 4. The van der Waals surface area contributed by atoms with Gasteiger partial charge in [0.2, 0.25) is 0 Å². The van der Waals surface area contributed by atoms with Crippen molar-refractivity contribution < 1.29 is 9.53 Å². The maximum atomic E-state index is 12.2. The molecule has 114 valence electrons. The van der Waals surface area contributed by atoms with E-state index in [0.29, 0.717) is 17.2 Å². The predicted molar refractivity (Wildman–Crippen MR) is 78.6 cm³/mol. The van der Waals surface area contributed by atoms with E-state index in [1.807, 2.05) is 11.5 Å². The number of ether oxygens (including phenoxy) is 1. The Morgan fingerprint density at radius 3 is 2.81 bits per heavy atom. The molecule has 0 aliphatic heterocycles. The van der Waals surface area contributed by atoms with Gasteiger partial charge >= 0.3 is 5.97 Å². The van der Waals surface area contributed by atoms with Crippen molar-refractivity contribution in [3.05, 3.63) is 30.1 Å². The number of nitrogens with two attached hydrogens (primary N) is 1. The fourth-order valence-electron chi connectivity index (χ4n) is 2.13. The number of esters is 1. The van der Waals surface area contributed by atoms with Crippen LogP contribution in [0.3, 0.4) is 0 Å². The molecule has 0 aliphatic rings. The number of anilines is 1. The normalized spacial score (nSPS) is 10.8. The second-order valence-electron chi connectivity index (χ2n) is 4.83. The molecular formula is C14H21N5O2. The third kappa shape index (κ3) is 3.62. The summed E-state index contributed by atoms with van der Waals surface area (Å²) in [7, 11) is 0. The van der Waals surface area contributed by atoms with Crippen LogP contribution in [0.1, 0.15) is 43.0 Å². The van der Waals surface area contributed by atoms with Crippen LogP contribution in [0.2, 0.25) is 0 Å². The van der Waals surface area contributed by atoms with E-state index in [9.17, 15) is 4.79 Å². The first kappa shape index (κ1) is 15.1. The molecule has 7 heteroatoms. The van der Waals surface area contributed by atoms with Gasteiger partial charge in [-0.15, -0.1) is 0 Å². The zero-order valence-electron chi connectivity index (χ0n) is 12.5. The lowest BCUT2D eigenvalue weighted by Gasteiger charge is -2.08. The predicted octanol–water partition coefficient (Wildman–Crippen LogP) is 1.84. The zero-order valence-corrected chi connectivity index (χ0v) is 12.5. The summed E-state index contributed by atoms with van der Waals surface area (Å²) in [4.78, 5) is 16.3. The summed E-state index contributed by atoms with van der Waals surface area (Å²) in [6.07, 6.45) is 5.08. The molecule has 2 rings (SSSR count). The summed E-state index contributed by atoms with van der Waals surface area (Å²) in [5.74, 6) is 0.248.